The molecule has 0 radical (unpaired) electrons. The number of carbonyl (C=O) groups excluding carboxylic acids is 2. The van der Waals surface area contributed by atoms with Gasteiger partial charge < -0.3 is 24.4 Å². The summed E-state index contributed by atoms with van der Waals surface area (Å²) in [5.74, 6) is -1.38. The van der Waals surface area contributed by atoms with E-state index < -0.39 is 42.6 Å². The first kappa shape index (κ1) is 19.0. The standard InChI is InChI=1S/C20H20O7/c1-12-16(26-18(22)13-8-4-2-5-9-13)15(21)17(20(24)25-12)27-19(23)14-10-6-3-7-11-14/h2-12,15-17,20-21,24H,1H3/t12-,15-,16-,17-,20+/m1/s1. The fraction of sp³-hybridized carbons (Fsp3) is 0.300. The molecule has 0 aromatic heterocycles. The lowest BCUT2D eigenvalue weighted by molar-refractivity contribution is -0.276. The van der Waals surface area contributed by atoms with Gasteiger partial charge in [0.2, 0.25) is 0 Å². The maximum Gasteiger partial charge on any atom is 0.338 e. The highest BCUT2D eigenvalue weighted by Crippen LogP contribution is 2.26. The molecule has 142 valence electrons. The van der Waals surface area contributed by atoms with Gasteiger partial charge in [-0.1, -0.05) is 36.4 Å². The summed E-state index contributed by atoms with van der Waals surface area (Å²) < 4.78 is 15.9. The minimum Gasteiger partial charge on any atom is -0.453 e. The molecule has 7 nitrogen and oxygen atoms in total. The van der Waals surface area contributed by atoms with Crippen molar-refractivity contribution in [2.24, 2.45) is 0 Å². The zero-order valence-electron chi connectivity index (χ0n) is 14.6. The molecule has 1 saturated heterocycles. The lowest BCUT2D eigenvalue weighted by Gasteiger charge is -2.40. The minimum atomic E-state index is -1.55. The fourth-order valence-electron chi connectivity index (χ4n) is 2.83. The number of hydrogen-bond donors (Lipinski definition) is 2. The molecule has 2 aromatic carbocycles. The van der Waals surface area contributed by atoms with Crippen LogP contribution >= 0.6 is 0 Å². The van der Waals surface area contributed by atoms with Crippen LogP contribution in [0.5, 0.6) is 0 Å². The number of carbonyl (C=O) groups is 2. The van der Waals surface area contributed by atoms with Crippen LogP contribution in [0.1, 0.15) is 27.6 Å². The van der Waals surface area contributed by atoms with Crippen LogP contribution in [0.25, 0.3) is 0 Å². The smallest absolute Gasteiger partial charge is 0.338 e. The molecule has 5 atom stereocenters. The Morgan fingerprint density at radius 1 is 0.815 bits per heavy atom. The van der Waals surface area contributed by atoms with Crippen LogP contribution in [0.3, 0.4) is 0 Å². The second-order valence-electron chi connectivity index (χ2n) is 6.19. The van der Waals surface area contributed by atoms with Crippen molar-refractivity contribution in [3.63, 3.8) is 0 Å². The monoisotopic (exact) mass is 372 g/mol. The summed E-state index contributed by atoms with van der Waals surface area (Å²) in [5.41, 5.74) is 0.564. The average molecular weight is 372 g/mol. The molecule has 0 bridgehead atoms. The van der Waals surface area contributed by atoms with Crippen LogP contribution in [0.2, 0.25) is 0 Å². The molecular formula is C20H20O7. The largest absolute Gasteiger partial charge is 0.453 e. The molecular weight excluding hydrogens is 352 g/mol. The van der Waals surface area contributed by atoms with E-state index in [1.165, 1.54) is 0 Å². The van der Waals surface area contributed by atoms with Gasteiger partial charge in [-0.3, -0.25) is 0 Å². The average Bonchev–Trinajstić information content (AvgIpc) is 2.69. The van der Waals surface area contributed by atoms with Crippen LogP contribution in [0, 0.1) is 0 Å². The van der Waals surface area contributed by atoms with Gasteiger partial charge in [-0.25, -0.2) is 9.59 Å². The second kappa shape index (κ2) is 8.30. The Morgan fingerprint density at radius 3 is 1.74 bits per heavy atom. The minimum absolute atomic E-state index is 0.258. The van der Waals surface area contributed by atoms with Gasteiger partial charge in [-0.05, 0) is 31.2 Å². The first-order valence-electron chi connectivity index (χ1n) is 8.51. The molecule has 1 fully saturated rings. The number of esters is 2. The SMILES string of the molecule is C[C@H]1O[C@H](O)[C@H](OC(=O)c2ccccc2)[C@H](O)[C@@H]1OC(=O)c1ccccc1. The van der Waals surface area contributed by atoms with E-state index in [1.54, 1.807) is 67.6 Å². The molecule has 1 aliphatic rings. The predicted molar refractivity (Wildman–Crippen MR) is 93.9 cm³/mol. The van der Waals surface area contributed by atoms with E-state index in [9.17, 15) is 19.8 Å². The Labute approximate surface area is 156 Å². The highest BCUT2D eigenvalue weighted by atomic mass is 16.7. The summed E-state index contributed by atoms with van der Waals surface area (Å²) in [5, 5.41) is 20.6. The maximum absolute atomic E-state index is 12.3. The molecule has 1 heterocycles. The summed E-state index contributed by atoms with van der Waals surface area (Å²) in [6, 6.07) is 16.4. The number of hydrogen-bond acceptors (Lipinski definition) is 7. The molecule has 0 amide bonds. The lowest BCUT2D eigenvalue weighted by atomic mass is 9.99. The zero-order valence-corrected chi connectivity index (χ0v) is 14.6. The summed E-state index contributed by atoms with van der Waals surface area (Å²) in [4.78, 5) is 24.5. The molecule has 1 aliphatic heterocycles. The van der Waals surface area contributed by atoms with Gasteiger partial charge in [0.05, 0.1) is 17.2 Å². The Morgan fingerprint density at radius 2 is 1.26 bits per heavy atom. The van der Waals surface area contributed by atoms with Crippen molar-refractivity contribution in [3.8, 4) is 0 Å². The maximum atomic E-state index is 12.3. The number of benzene rings is 2. The predicted octanol–water partition coefficient (Wildman–Crippen LogP) is 1.54. The highest BCUT2D eigenvalue weighted by Gasteiger charge is 2.47. The third-order valence-electron chi connectivity index (χ3n) is 4.28. The van der Waals surface area contributed by atoms with Gasteiger partial charge in [-0.15, -0.1) is 0 Å². The van der Waals surface area contributed by atoms with Gasteiger partial charge in [-0.2, -0.15) is 0 Å². The summed E-state index contributed by atoms with van der Waals surface area (Å²) in [7, 11) is 0. The molecule has 3 rings (SSSR count). The van der Waals surface area contributed by atoms with Crippen LogP contribution in [0.15, 0.2) is 60.7 Å². The quantitative estimate of drug-likeness (QED) is 0.785. The number of rotatable bonds is 4. The zero-order chi connectivity index (χ0) is 19.4. The lowest BCUT2D eigenvalue weighted by Crippen LogP contribution is -2.59. The molecule has 2 aromatic rings. The number of ether oxygens (including phenoxy) is 3. The Balaban J connectivity index is 1.72. The van der Waals surface area contributed by atoms with Crippen molar-refractivity contribution in [1.29, 1.82) is 0 Å². The normalized spacial score (nSPS) is 27.6. The van der Waals surface area contributed by atoms with Crippen molar-refractivity contribution < 1.29 is 34.0 Å². The first-order valence-corrected chi connectivity index (χ1v) is 8.51. The van der Waals surface area contributed by atoms with E-state index in [-0.39, 0.29) is 5.56 Å². The van der Waals surface area contributed by atoms with E-state index in [0.29, 0.717) is 5.56 Å². The van der Waals surface area contributed by atoms with Gasteiger partial charge in [0.15, 0.2) is 18.5 Å². The highest BCUT2D eigenvalue weighted by molar-refractivity contribution is 5.90. The number of aliphatic hydroxyl groups is 2. The molecule has 27 heavy (non-hydrogen) atoms. The molecule has 7 heteroatoms. The van der Waals surface area contributed by atoms with Crippen LogP contribution in [-0.2, 0) is 14.2 Å². The van der Waals surface area contributed by atoms with E-state index >= 15 is 0 Å². The number of aliphatic hydroxyl groups excluding tert-OH is 2. The fourth-order valence-corrected chi connectivity index (χ4v) is 2.83. The van der Waals surface area contributed by atoms with Crippen LogP contribution < -0.4 is 0 Å². The van der Waals surface area contributed by atoms with Crippen molar-refractivity contribution in [2.45, 2.75) is 37.6 Å². The van der Waals surface area contributed by atoms with Crippen molar-refractivity contribution in [2.75, 3.05) is 0 Å². The molecule has 0 aliphatic carbocycles. The van der Waals surface area contributed by atoms with E-state index in [1.807, 2.05) is 0 Å². The van der Waals surface area contributed by atoms with Crippen molar-refractivity contribution in [3.05, 3.63) is 71.8 Å². The molecule has 0 saturated carbocycles. The van der Waals surface area contributed by atoms with E-state index in [2.05, 4.69) is 0 Å². The van der Waals surface area contributed by atoms with Crippen LogP contribution in [0.4, 0.5) is 0 Å². The van der Waals surface area contributed by atoms with Gasteiger partial charge in [0.25, 0.3) is 0 Å². The topological polar surface area (TPSA) is 102 Å². The van der Waals surface area contributed by atoms with Gasteiger partial charge in [0.1, 0.15) is 6.10 Å². The van der Waals surface area contributed by atoms with Crippen LogP contribution in [-0.4, -0.2) is 52.9 Å². The van der Waals surface area contributed by atoms with Gasteiger partial charge in [0, 0.05) is 0 Å². The Bertz CT molecular complexity index is 712. The second-order valence-corrected chi connectivity index (χ2v) is 6.19. The van der Waals surface area contributed by atoms with E-state index in [4.69, 9.17) is 14.2 Å². The summed E-state index contributed by atoms with van der Waals surface area (Å²) in [6.07, 6.45) is -6.31. The summed E-state index contributed by atoms with van der Waals surface area (Å²) >= 11 is 0. The Hall–Kier alpha value is -2.74. The third-order valence-corrected chi connectivity index (χ3v) is 4.28. The molecule has 2 N–H and O–H groups in total. The van der Waals surface area contributed by atoms with Crippen molar-refractivity contribution in [1.82, 2.24) is 0 Å². The van der Waals surface area contributed by atoms with E-state index in [0.717, 1.165) is 0 Å². The molecule has 0 spiro atoms. The van der Waals surface area contributed by atoms with Crippen molar-refractivity contribution >= 4 is 11.9 Å². The first-order chi connectivity index (χ1) is 13.0. The Kier molecular flexibility index (Phi) is 5.85. The third kappa shape index (κ3) is 4.33. The van der Waals surface area contributed by atoms with Gasteiger partial charge >= 0.3 is 11.9 Å². The summed E-state index contributed by atoms with van der Waals surface area (Å²) in [6.45, 7) is 1.55. The molecule has 0 unspecified atom stereocenters.